The van der Waals surface area contributed by atoms with Gasteiger partial charge in [-0.2, -0.15) is 0 Å². The smallest absolute Gasteiger partial charge is 0.273 e. The van der Waals surface area contributed by atoms with Crippen LogP contribution in [0.2, 0.25) is 9.49 Å². The van der Waals surface area contributed by atoms with Gasteiger partial charge in [0.15, 0.2) is 8.68 Å². The first kappa shape index (κ1) is 15.1. The van der Waals surface area contributed by atoms with Gasteiger partial charge in [-0.25, -0.2) is 13.4 Å². The van der Waals surface area contributed by atoms with E-state index in [0.29, 0.717) is 20.9 Å². The minimum Gasteiger partial charge on any atom is -0.279 e. The van der Waals surface area contributed by atoms with Crippen LogP contribution in [0.5, 0.6) is 0 Å². The largest absolute Gasteiger partial charge is 0.279 e. The van der Waals surface area contributed by atoms with Crippen molar-refractivity contribution in [1.29, 1.82) is 0 Å². The molecule has 0 saturated heterocycles. The number of rotatable bonds is 3. The van der Waals surface area contributed by atoms with Gasteiger partial charge in [0.2, 0.25) is 0 Å². The Balaban J connectivity index is 2.36. The van der Waals surface area contributed by atoms with Crippen LogP contribution in [0.15, 0.2) is 26.9 Å². The first-order valence-electron chi connectivity index (χ1n) is 4.90. The number of thiazole rings is 1. The van der Waals surface area contributed by atoms with E-state index in [9.17, 15) is 8.42 Å². The summed E-state index contributed by atoms with van der Waals surface area (Å²) < 4.78 is 27.8. The Morgan fingerprint density at radius 1 is 1.37 bits per heavy atom. The second-order valence-corrected chi connectivity index (χ2v) is 8.29. The molecule has 1 N–H and O–H groups in total. The van der Waals surface area contributed by atoms with Crippen molar-refractivity contribution < 1.29 is 8.42 Å². The molecule has 19 heavy (non-hydrogen) atoms. The maximum atomic E-state index is 12.2. The molecule has 0 radical (unpaired) electrons. The number of nitrogens with one attached hydrogen (secondary N) is 1. The van der Waals surface area contributed by atoms with Crippen LogP contribution in [0.4, 0.5) is 5.69 Å². The fraction of sp³-hybridized carbons (Fsp3) is 0.100. The Labute approximate surface area is 132 Å². The molecule has 0 bridgehead atoms. The van der Waals surface area contributed by atoms with E-state index in [2.05, 4.69) is 25.6 Å². The maximum Gasteiger partial charge on any atom is 0.273 e. The Hall–Kier alpha value is -0.340. The van der Waals surface area contributed by atoms with Crippen LogP contribution in [0, 0.1) is 6.92 Å². The van der Waals surface area contributed by atoms with Crippen molar-refractivity contribution in [2.24, 2.45) is 0 Å². The van der Waals surface area contributed by atoms with Crippen molar-refractivity contribution in [2.45, 2.75) is 11.1 Å². The van der Waals surface area contributed by atoms with Crippen molar-refractivity contribution in [2.75, 3.05) is 4.72 Å². The van der Waals surface area contributed by atoms with Gasteiger partial charge in [-0.1, -0.05) is 34.5 Å². The van der Waals surface area contributed by atoms with Gasteiger partial charge >= 0.3 is 0 Å². The Bertz CT molecular complexity index is 731. The van der Waals surface area contributed by atoms with Gasteiger partial charge in [0.05, 0.1) is 16.4 Å². The molecule has 2 aromatic rings. The van der Waals surface area contributed by atoms with Crippen molar-refractivity contribution >= 4 is 66.2 Å². The lowest BCUT2D eigenvalue weighted by Crippen LogP contribution is -2.12. The second kappa shape index (κ2) is 5.57. The number of benzene rings is 1. The van der Waals surface area contributed by atoms with Gasteiger partial charge in [0, 0.05) is 4.47 Å². The van der Waals surface area contributed by atoms with Gasteiger partial charge in [-0.15, -0.1) is 0 Å². The lowest BCUT2D eigenvalue weighted by Gasteiger charge is -2.07. The Kier molecular flexibility index (Phi) is 4.42. The number of anilines is 1. The van der Waals surface area contributed by atoms with Crippen molar-refractivity contribution in [1.82, 2.24) is 4.98 Å². The molecular formula is C10H7BrCl2N2O2S2. The van der Waals surface area contributed by atoms with E-state index in [1.807, 2.05) is 0 Å². The lowest BCUT2D eigenvalue weighted by molar-refractivity contribution is 0.602. The molecule has 1 heterocycles. The van der Waals surface area contributed by atoms with Crippen LogP contribution in [-0.2, 0) is 10.0 Å². The van der Waals surface area contributed by atoms with E-state index in [4.69, 9.17) is 23.2 Å². The standard InChI is InChI=1S/C10H7BrCl2N2O2S2/c1-5-9(18-10(13)14-5)19(16,17)15-6-2-3-7(11)8(12)4-6/h2-4,15H,1H3. The molecule has 102 valence electrons. The average Bonchev–Trinajstić information content (AvgIpc) is 2.63. The van der Waals surface area contributed by atoms with E-state index < -0.39 is 10.0 Å². The number of nitrogens with zero attached hydrogens (tertiary/aromatic N) is 1. The highest BCUT2D eigenvalue weighted by Gasteiger charge is 2.21. The van der Waals surface area contributed by atoms with Crippen LogP contribution in [-0.4, -0.2) is 13.4 Å². The van der Waals surface area contributed by atoms with E-state index in [1.54, 1.807) is 19.1 Å². The second-order valence-electron chi connectivity index (χ2n) is 3.57. The highest BCUT2D eigenvalue weighted by atomic mass is 79.9. The molecule has 1 aromatic heterocycles. The number of aryl methyl sites for hydroxylation is 1. The number of halogens is 3. The molecule has 4 nitrogen and oxygen atoms in total. The fourth-order valence-corrected chi connectivity index (χ4v) is 4.58. The van der Waals surface area contributed by atoms with E-state index >= 15 is 0 Å². The van der Waals surface area contributed by atoms with Crippen molar-refractivity contribution in [3.8, 4) is 0 Å². The number of sulfonamides is 1. The first-order chi connectivity index (χ1) is 8.79. The van der Waals surface area contributed by atoms with Gasteiger partial charge in [-0.05, 0) is 41.1 Å². The molecule has 0 saturated carbocycles. The molecule has 0 unspecified atom stereocenters. The quantitative estimate of drug-likeness (QED) is 0.832. The molecule has 0 atom stereocenters. The fourth-order valence-electron chi connectivity index (χ4n) is 1.36. The highest BCUT2D eigenvalue weighted by molar-refractivity contribution is 9.10. The third-order valence-electron chi connectivity index (χ3n) is 2.14. The highest BCUT2D eigenvalue weighted by Crippen LogP contribution is 2.30. The van der Waals surface area contributed by atoms with Gasteiger partial charge in [-0.3, -0.25) is 4.72 Å². The zero-order chi connectivity index (χ0) is 14.2. The normalized spacial score (nSPS) is 11.6. The van der Waals surface area contributed by atoms with Crippen LogP contribution in [0.3, 0.4) is 0 Å². The van der Waals surface area contributed by atoms with E-state index in [0.717, 1.165) is 11.3 Å². The van der Waals surface area contributed by atoms with Crippen molar-refractivity contribution in [3.05, 3.63) is 37.9 Å². The Morgan fingerprint density at radius 3 is 2.58 bits per heavy atom. The van der Waals surface area contributed by atoms with E-state index in [-0.39, 0.29) is 8.68 Å². The average molecular weight is 402 g/mol. The molecule has 0 spiro atoms. The third-order valence-corrected chi connectivity index (χ3v) is 6.63. The maximum absolute atomic E-state index is 12.2. The van der Waals surface area contributed by atoms with Crippen LogP contribution in [0.25, 0.3) is 0 Å². The van der Waals surface area contributed by atoms with E-state index in [1.165, 1.54) is 6.07 Å². The Morgan fingerprint density at radius 2 is 2.05 bits per heavy atom. The zero-order valence-electron chi connectivity index (χ0n) is 9.45. The van der Waals surface area contributed by atoms with Gasteiger partial charge < -0.3 is 0 Å². The van der Waals surface area contributed by atoms with Crippen LogP contribution >= 0.6 is 50.5 Å². The molecule has 0 amide bonds. The first-order valence-corrected chi connectivity index (χ1v) is 8.75. The summed E-state index contributed by atoms with van der Waals surface area (Å²) in [6.07, 6.45) is 0. The SMILES string of the molecule is Cc1nc(Cl)sc1S(=O)(=O)Nc1ccc(Br)c(Cl)c1. The van der Waals surface area contributed by atoms with Gasteiger partial charge in [0.25, 0.3) is 10.0 Å². The van der Waals surface area contributed by atoms with Crippen LogP contribution in [0.1, 0.15) is 5.69 Å². The number of aromatic nitrogens is 1. The molecular weight excluding hydrogens is 395 g/mol. The predicted octanol–water partition coefficient (Wildman–Crippen LogP) is 4.32. The third kappa shape index (κ3) is 3.41. The summed E-state index contributed by atoms with van der Waals surface area (Å²) in [5.41, 5.74) is 0.739. The predicted molar refractivity (Wildman–Crippen MR) is 81.8 cm³/mol. The summed E-state index contributed by atoms with van der Waals surface area (Å²) in [6.45, 7) is 1.59. The topological polar surface area (TPSA) is 59.1 Å². The summed E-state index contributed by atoms with van der Waals surface area (Å²) >= 11 is 15.8. The molecule has 0 aliphatic rings. The zero-order valence-corrected chi connectivity index (χ0v) is 14.2. The number of hydrogen-bond acceptors (Lipinski definition) is 4. The lowest BCUT2D eigenvalue weighted by atomic mass is 10.3. The summed E-state index contributed by atoms with van der Waals surface area (Å²) in [5, 5.41) is 0.416. The minimum absolute atomic E-state index is 0.0940. The molecule has 0 aliphatic carbocycles. The summed E-state index contributed by atoms with van der Waals surface area (Å²) in [7, 11) is -3.71. The molecule has 1 aromatic carbocycles. The number of hydrogen-bond donors (Lipinski definition) is 1. The van der Waals surface area contributed by atoms with Gasteiger partial charge in [0.1, 0.15) is 0 Å². The molecule has 2 rings (SSSR count). The molecule has 9 heteroatoms. The monoisotopic (exact) mass is 400 g/mol. The molecule has 0 aliphatic heterocycles. The van der Waals surface area contributed by atoms with Crippen LogP contribution < -0.4 is 4.72 Å². The molecule has 0 fully saturated rings. The summed E-state index contributed by atoms with van der Waals surface area (Å²) in [5.74, 6) is 0. The summed E-state index contributed by atoms with van der Waals surface area (Å²) in [4.78, 5) is 3.88. The van der Waals surface area contributed by atoms with Crippen molar-refractivity contribution in [3.63, 3.8) is 0 Å². The summed E-state index contributed by atoms with van der Waals surface area (Å²) in [6, 6.07) is 4.78. The minimum atomic E-state index is -3.71.